The molecule has 6 heteroatoms. The van der Waals surface area contributed by atoms with Crippen molar-refractivity contribution in [2.24, 2.45) is 0 Å². The van der Waals surface area contributed by atoms with Crippen LogP contribution in [0, 0.1) is 0 Å². The van der Waals surface area contributed by atoms with Crippen molar-refractivity contribution in [3.05, 3.63) is 0 Å². The summed E-state index contributed by atoms with van der Waals surface area (Å²) < 4.78 is 31.3. The number of hydrogen-bond acceptors (Lipinski definition) is 5. The minimum absolute atomic E-state index is 0.299. The van der Waals surface area contributed by atoms with E-state index < -0.39 is 11.4 Å². The van der Waals surface area contributed by atoms with Crippen LogP contribution in [0.25, 0.3) is 0 Å². The first-order chi connectivity index (χ1) is 7.39. The number of hydrogen-bond donors (Lipinski definition) is 0. The van der Waals surface area contributed by atoms with E-state index in [2.05, 4.69) is 0 Å². The predicted molar refractivity (Wildman–Crippen MR) is 55.5 cm³/mol. The van der Waals surface area contributed by atoms with Gasteiger partial charge in [0, 0.05) is 13.2 Å². The number of rotatable bonds is 0. The highest BCUT2D eigenvalue weighted by atomic mass is 32.2. The van der Waals surface area contributed by atoms with Gasteiger partial charge >= 0.3 is 11.4 Å². The molecule has 1 heterocycles. The van der Waals surface area contributed by atoms with Gasteiger partial charge in [0.2, 0.25) is 0 Å². The minimum Gasteiger partial charge on any atom is -0.379 e. The molecule has 1 rings (SSSR count). The molecule has 0 aromatic rings. The average molecular weight is 238 g/mol. The van der Waals surface area contributed by atoms with Crippen molar-refractivity contribution in [2.45, 2.75) is 19.3 Å². The Morgan fingerprint density at radius 1 is 0.667 bits per heavy atom. The maximum Gasteiger partial charge on any atom is 0.304 e. The second-order valence-electron chi connectivity index (χ2n) is 3.13. The fourth-order valence-corrected chi connectivity index (χ4v) is 1.62. The SMILES string of the molecule is O=S1OCCOCCCCCOCCO1. The highest BCUT2D eigenvalue weighted by Crippen LogP contribution is 1.98. The molecule has 0 aromatic carbocycles. The summed E-state index contributed by atoms with van der Waals surface area (Å²) in [5.74, 6) is 0. The molecule has 0 atom stereocenters. The van der Waals surface area contributed by atoms with E-state index in [4.69, 9.17) is 17.8 Å². The van der Waals surface area contributed by atoms with Gasteiger partial charge in [0.15, 0.2) is 0 Å². The summed E-state index contributed by atoms with van der Waals surface area (Å²) in [4.78, 5) is 0. The zero-order chi connectivity index (χ0) is 10.8. The Morgan fingerprint density at radius 3 is 1.73 bits per heavy atom. The molecule has 0 radical (unpaired) electrons. The predicted octanol–water partition coefficient (Wildman–Crippen LogP) is 0.815. The standard InChI is InChI=1S/C9H18O5S/c10-15-13-8-6-11-4-2-1-3-5-12-7-9-14-15/h1-9H2. The molecule has 0 saturated carbocycles. The van der Waals surface area contributed by atoms with Crippen LogP contribution in [0.15, 0.2) is 0 Å². The van der Waals surface area contributed by atoms with Crippen LogP contribution in [0.1, 0.15) is 19.3 Å². The van der Waals surface area contributed by atoms with E-state index in [1.54, 1.807) is 0 Å². The Bertz CT molecular complexity index is 160. The summed E-state index contributed by atoms with van der Waals surface area (Å²) in [6, 6.07) is 0. The van der Waals surface area contributed by atoms with Crippen LogP contribution in [0.4, 0.5) is 0 Å². The van der Waals surface area contributed by atoms with Crippen LogP contribution in [-0.2, 0) is 29.2 Å². The van der Waals surface area contributed by atoms with E-state index in [0.29, 0.717) is 26.4 Å². The molecule has 0 aliphatic carbocycles. The largest absolute Gasteiger partial charge is 0.379 e. The third kappa shape index (κ3) is 7.87. The molecule has 0 bridgehead atoms. The third-order valence-electron chi connectivity index (χ3n) is 1.89. The van der Waals surface area contributed by atoms with Crippen LogP contribution in [0.5, 0.6) is 0 Å². The van der Waals surface area contributed by atoms with Crippen molar-refractivity contribution in [3.63, 3.8) is 0 Å². The first kappa shape index (κ1) is 13.1. The molecule has 0 spiro atoms. The summed E-state index contributed by atoms with van der Waals surface area (Å²) in [5, 5.41) is 0. The van der Waals surface area contributed by atoms with Crippen molar-refractivity contribution in [1.29, 1.82) is 0 Å². The van der Waals surface area contributed by atoms with Gasteiger partial charge in [0.25, 0.3) is 0 Å². The van der Waals surface area contributed by atoms with E-state index in [-0.39, 0.29) is 0 Å². The molecule has 1 fully saturated rings. The van der Waals surface area contributed by atoms with Gasteiger partial charge < -0.3 is 9.47 Å². The molecule has 5 nitrogen and oxygen atoms in total. The monoisotopic (exact) mass is 238 g/mol. The lowest BCUT2D eigenvalue weighted by atomic mass is 10.2. The lowest BCUT2D eigenvalue weighted by Gasteiger charge is -2.08. The molecule has 90 valence electrons. The van der Waals surface area contributed by atoms with Crippen molar-refractivity contribution >= 4 is 11.4 Å². The summed E-state index contributed by atoms with van der Waals surface area (Å²) in [5.41, 5.74) is 0. The Kier molecular flexibility index (Phi) is 8.04. The fourth-order valence-electron chi connectivity index (χ4n) is 1.15. The van der Waals surface area contributed by atoms with Crippen molar-refractivity contribution in [2.75, 3.05) is 39.6 Å². The first-order valence-corrected chi connectivity index (χ1v) is 6.23. The summed E-state index contributed by atoms with van der Waals surface area (Å²) in [6.45, 7) is 2.96. The van der Waals surface area contributed by atoms with Gasteiger partial charge in [-0.15, -0.1) is 0 Å². The second-order valence-corrected chi connectivity index (χ2v) is 4.01. The van der Waals surface area contributed by atoms with Gasteiger partial charge in [-0.2, -0.15) is 4.21 Å². The highest BCUT2D eigenvalue weighted by Gasteiger charge is 2.02. The highest BCUT2D eigenvalue weighted by molar-refractivity contribution is 7.75. The molecule has 0 aromatic heterocycles. The Labute approximate surface area is 92.9 Å². The third-order valence-corrected chi connectivity index (χ3v) is 2.61. The molecule has 1 aliphatic heterocycles. The number of ether oxygens (including phenoxy) is 2. The summed E-state index contributed by atoms with van der Waals surface area (Å²) in [7, 11) is 0. The fraction of sp³-hybridized carbons (Fsp3) is 1.00. The zero-order valence-electron chi connectivity index (χ0n) is 8.81. The minimum atomic E-state index is -1.67. The topological polar surface area (TPSA) is 54.0 Å². The first-order valence-electron chi connectivity index (χ1n) is 5.23. The Hall–Kier alpha value is -0.0100. The van der Waals surface area contributed by atoms with Crippen LogP contribution in [0.3, 0.4) is 0 Å². The second kappa shape index (κ2) is 9.23. The molecule has 15 heavy (non-hydrogen) atoms. The lowest BCUT2D eigenvalue weighted by molar-refractivity contribution is 0.0724. The van der Waals surface area contributed by atoms with Gasteiger partial charge in [0.1, 0.15) is 0 Å². The van der Waals surface area contributed by atoms with E-state index in [1.165, 1.54) is 0 Å². The van der Waals surface area contributed by atoms with Gasteiger partial charge in [-0.25, -0.2) is 0 Å². The average Bonchev–Trinajstić information content (AvgIpc) is 2.24. The maximum absolute atomic E-state index is 11.0. The molecule has 0 unspecified atom stereocenters. The maximum atomic E-state index is 11.0. The van der Waals surface area contributed by atoms with Crippen LogP contribution in [-0.4, -0.2) is 43.9 Å². The van der Waals surface area contributed by atoms with Gasteiger partial charge in [0.05, 0.1) is 26.4 Å². The molecule has 0 N–H and O–H groups in total. The van der Waals surface area contributed by atoms with Crippen molar-refractivity contribution in [1.82, 2.24) is 0 Å². The van der Waals surface area contributed by atoms with Crippen molar-refractivity contribution in [3.8, 4) is 0 Å². The zero-order valence-corrected chi connectivity index (χ0v) is 9.63. The molecule has 0 amide bonds. The van der Waals surface area contributed by atoms with Gasteiger partial charge in [-0.05, 0) is 19.3 Å². The molecular weight excluding hydrogens is 220 g/mol. The molecular formula is C9H18O5S. The quantitative estimate of drug-likeness (QED) is 0.625. The van der Waals surface area contributed by atoms with E-state index in [0.717, 1.165) is 32.5 Å². The molecule has 1 aliphatic rings. The van der Waals surface area contributed by atoms with Crippen LogP contribution < -0.4 is 0 Å². The summed E-state index contributed by atoms with van der Waals surface area (Å²) in [6.07, 6.45) is 3.17. The lowest BCUT2D eigenvalue weighted by Crippen LogP contribution is -2.13. The Balaban J connectivity index is 2.13. The summed E-state index contributed by atoms with van der Waals surface area (Å²) >= 11 is -1.67. The Morgan fingerprint density at radius 2 is 1.20 bits per heavy atom. The van der Waals surface area contributed by atoms with Gasteiger partial charge in [-0.1, -0.05) is 0 Å². The normalized spacial score (nSPS) is 24.5. The molecule has 1 saturated heterocycles. The van der Waals surface area contributed by atoms with Crippen LogP contribution in [0.2, 0.25) is 0 Å². The van der Waals surface area contributed by atoms with Gasteiger partial charge in [-0.3, -0.25) is 8.37 Å². The van der Waals surface area contributed by atoms with E-state index in [9.17, 15) is 4.21 Å². The van der Waals surface area contributed by atoms with E-state index >= 15 is 0 Å². The van der Waals surface area contributed by atoms with E-state index in [1.807, 2.05) is 0 Å². The van der Waals surface area contributed by atoms with Crippen LogP contribution >= 0.6 is 0 Å². The van der Waals surface area contributed by atoms with Crippen molar-refractivity contribution < 1.29 is 22.0 Å². The smallest absolute Gasteiger partial charge is 0.304 e.